The molecule has 1 saturated carbocycles. The Kier molecular flexibility index (Phi) is 1.63. The SMILES string of the molecule is CC1C2CCC(=O)OC1CC2. The van der Waals surface area contributed by atoms with Crippen molar-refractivity contribution in [1.29, 1.82) is 0 Å². The number of hydrogen-bond acceptors (Lipinski definition) is 2. The Bertz CT molecular complexity index is 176. The second kappa shape index (κ2) is 2.50. The van der Waals surface area contributed by atoms with E-state index in [2.05, 4.69) is 6.92 Å². The molecular weight excluding hydrogens is 140 g/mol. The Morgan fingerprint density at radius 2 is 2.18 bits per heavy atom. The van der Waals surface area contributed by atoms with Crippen LogP contribution in [0.5, 0.6) is 0 Å². The van der Waals surface area contributed by atoms with Crippen LogP contribution in [-0.2, 0) is 9.53 Å². The molecule has 2 aliphatic rings. The molecule has 2 fully saturated rings. The van der Waals surface area contributed by atoms with Gasteiger partial charge in [-0.05, 0) is 31.1 Å². The van der Waals surface area contributed by atoms with Crippen molar-refractivity contribution in [3.05, 3.63) is 0 Å². The number of ether oxygens (including phenoxy) is 1. The van der Waals surface area contributed by atoms with Gasteiger partial charge in [0.25, 0.3) is 0 Å². The first-order valence-electron chi connectivity index (χ1n) is 4.47. The highest BCUT2D eigenvalue weighted by atomic mass is 16.5. The van der Waals surface area contributed by atoms with E-state index in [0.29, 0.717) is 12.3 Å². The first-order chi connectivity index (χ1) is 5.27. The number of esters is 1. The standard InChI is InChI=1S/C9H14O2/c1-6-7-2-4-8(6)11-9(10)5-3-7/h6-8H,2-5H2,1H3. The van der Waals surface area contributed by atoms with Gasteiger partial charge in [-0.25, -0.2) is 0 Å². The molecule has 1 heterocycles. The maximum atomic E-state index is 11.0. The summed E-state index contributed by atoms with van der Waals surface area (Å²) in [6, 6.07) is 0. The Balaban J connectivity index is 2.13. The lowest BCUT2D eigenvalue weighted by molar-refractivity contribution is -0.149. The number of fused-ring (bicyclic) bond motifs is 2. The van der Waals surface area contributed by atoms with E-state index in [4.69, 9.17) is 4.74 Å². The van der Waals surface area contributed by atoms with E-state index in [1.165, 1.54) is 6.42 Å². The molecule has 2 nitrogen and oxygen atoms in total. The van der Waals surface area contributed by atoms with Gasteiger partial charge in [-0.3, -0.25) is 4.79 Å². The van der Waals surface area contributed by atoms with Crippen LogP contribution in [0.2, 0.25) is 0 Å². The molecule has 2 bridgehead atoms. The maximum absolute atomic E-state index is 11.0. The molecule has 11 heavy (non-hydrogen) atoms. The Labute approximate surface area is 66.9 Å². The van der Waals surface area contributed by atoms with Crippen molar-refractivity contribution in [1.82, 2.24) is 0 Å². The molecule has 0 N–H and O–H groups in total. The highest BCUT2D eigenvalue weighted by Crippen LogP contribution is 2.39. The minimum atomic E-state index is 0.0176. The van der Waals surface area contributed by atoms with Crippen LogP contribution < -0.4 is 0 Å². The quantitative estimate of drug-likeness (QED) is 0.497. The van der Waals surface area contributed by atoms with Crippen molar-refractivity contribution in [2.24, 2.45) is 11.8 Å². The molecule has 1 saturated heterocycles. The minimum absolute atomic E-state index is 0.0176. The summed E-state index contributed by atoms with van der Waals surface area (Å²) < 4.78 is 5.28. The zero-order valence-electron chi connectivity index (χ0n) is 6.88. The molecule has 0 aromatic carbocycles. The van der Waals surface area contributed by atoms with Crippen molar-refractivity contribution in [3.63, 3.8) is 0 Å². The van der Waals surface area contributed by atoms with Gasteiger partial charge in [0.2, 0.25) is 0 Å². The second-order valence-electron chi connectivity index (χ2n) is 3.76. The van der Waals surface area contributed by atoms with Gasteiger partial charge in [-0.1, -0.05) is 6.92 Å². The topological polar surface area (TPSA) is 26.3 Å². The Hall–Kier alpha value is -0.530. The van der Waals surface area contributed by atoms with E-state index in [-0.39, 0.29) is 12.1 Å². The first kappa shape index (κ1) is 7.14. The summed E-state index contributed by atoms with van der Waals surface area (Å²) in [7, 11) is 0. The van der Waals surface area contributed by atoms with Crippen LogP contribution in [0, 0.1) is 11.8 Å². The summed E-state index contributed by atoms with van der Waals surface area (Å²) >= 11 is 0. The van der Waals surface area contributed by atoms with Crippen molar-refractivity contribution in [2.45, 2.75) is 38.7 Å². The lowest BCUT2D eigenvalue weighted by atomic mass is 9.93. The third kappa shape index (κ3) is 1.15. The largest absolute Gasteiger partial charge is 0.462 e. The summed E-state index contributed by atoms with van der Waals surface area (Å²) in [6.45, 7) is 2.21. The predicted molar refractivity (Wildman–Crippen MR) is 41.0 cm³/mol. The van der Waals surface area contributed by atoms with Crippen LogP contribution in [0.25, 0.3) is 0 Å². The highest BCUT2D eigenvalue weighted by molar-refractivity contribution is 5.70. The van der Waals surface area contributed by atoms with Gasteiger partial charge in [0.05, 0.1) is 0 Å². The van der Waals surface area contributed by atoms with Crippen LogP contribution in [0.1, 0.15) is 32.6 Å². The molecule has 0 spiro atoms. The number of carbonyl (C=O) groups is 1. The molecule has 1 aliphatic carbocycles. The lowest BCUT2D eigenvalue weighted by Gasteiger charge is -2.15. The average Bonchev–Trinajstić information content (AvgIpc) is 2.20. The molecule has 2 heteroatoms. The molecule has 3 atom stereocenters. The third-order valence-corrected chi connectivity index (χ3v) is 3.15. The van der Waals surface area contributed by atoms with Crippen LogP contribution >= 0.6 is 0 Å². The average molecular weight is 154 g/mol. The van der Waals surface area contributed by atoms with E-state index < -0.39 is 0 Å². The summed E-state index contributed by atoms with van der Waals surface area (Å²) in [5, 5.41) is 0. The fourth-order valence-corrected chi connectivity index (χ4v) is 2.31. The lowest BCUT2D eigenvalue weighted by Crippen LogP contribution is -2.18. The Morgan fingerprint density at radius 1 is 1.36 bits per heavy atom. The Morgan fingerprint density at radius 3 is 3.00 bits per heavy atom. The third-order valence-electron chi connectivity index (χ3n) is 3.15. The van der Waals surface area contributed by atoms with Crippen molar-refractivity contribution in [3.8, 4) is 0 Å². The molecule has 0 radical (unpaired) electrons. The summed E-state index contributed by atoms with van der Waals surface area (Å²) in [5.41, 5.74) is 0. The highest BCUT2D eigenvalue weighted by Gasteiger charge is 2.37. The summed E-state index contributed by atoms with van der Waals surface area (Å²) in [6.07, 6.45) is 4.30. The number of carbonyl (C=O) groups excluding carboxylic acids is 1. The van der Waals surface area contributed by atoms with Crippen molar-refractivity contribution < 1.29 is 9.53 Å². The van der Waals surface area contributed by atoms with E-state index >= 15 is 0 Å². The summed E-state index contributed by atoms with van der Waals surface area (Å²) in [5.74, 6) is 1.39. The van der Waals surface area contributed by atoms with Gasteiger partial charge in [0, 0.05) is 6.42 Å². The van der Waals surface area contributed by atoms with Crippen LogP contribution in [-0.4, -0.2) is 12.1 Å². The van der Waals surface area contributed by atoms with Gasteiger partial charge in [-0.2, -0.15) is 0 Å². The second-order valence-corrected chi connectivity index (χ2v) is 3.76. The van der Waals surface area contributed by atoms with Gasteiger partial charge in [0.1, 0.15) is 6.10 Å². The van der Waals surface area contributed by atoms with E-state index in [9.17, 15) is 4.79 Å². The number of hydrogen-bond donors (Lipinski definition) is 0. The molecule has 0 aromatic heterocycles. The predicted octanol–water partition coefficient (Wildman–Crippen LogP) is 1.74. The van der Waals surface area contributed by atoms with Gasteiger partial charge in [0.15, 0.2) is 0 Å². The van der Waals surface area contributed by atoms with Crippen LogP contribution in [0.15, 0.2) is 0 Å². The molecule has 1 aliphatic heterocycles. The van der Waals surface area contributed by atoms with Gasteiger partial charge < -0.3 is 4.74 Å². The molecule has 0 amide bonds. The van der Waals surface area contributed by atoms with Crippen molar-refractivity contribution in [2.75, 3.05) is 0 Å². The fraction of sp³-hybridized carbons (Fsp3) is 0.889. The first-order valence-corrected chi connectivity index (χ1v) is 4.47. The zero-order chi connectivity index (χ0) is 7.84. The minimum Gasteiger partial charge on any atom is -0.462 e. The summed E-state index contributed by atoms with van der Waals surface area (Å²) in [4.78, 5) is 11.0. The van der Waals surface area contributed by atoms with E-state index in [0.717, 1.165) is 18.8 Å². The van der Waals surface area contributed by atoms with Gasteiger partial charge in [-0.15, -0.1) is 0 Å². The normalized spacial score (nSPS) is 43.4. The van der Waals surface area contributed by atoms with Crippen molar-refractivity contribution >= 4 is 5.97 Å². The van der Waals surface area contributed by atoms with Crippen LogP contribution in [0.4, 0.5) is 0 Å². The molecular formula is C9H14O2. The molecule has 2 rings (SSSR count). The maximum Gasteiger partial charge on any atom is 0.306 e. The smallest absolute Gasteiger partial charge is 0.306 e. The molecule has 62 valence electrons. The van der Waals surface area contributed by atoms with Gasteiger partial charge >= 0.3 is 5.97 Å². The molecule has 3 unspecified atom stereocenters. The molecule has 0 aromatic rings. The van der Waals surface area contributed by atoms with Crippen LogP contribution in [0.3, 0.4) is 0 Å². The number of rotatable bonds is 0. The fourth-order valence-electron chi connectivity index (χ4n) is 2.31. The van der Waals surface area contributed by atoms with E-state index in [1.54, 1.807) is 0 Å². The zero-order valence-corrected chi connectivity index (χ0v) is 6.88. The monoisotopic (exact) mass is 154 g/mol. The van der Waals surface area contributed by atoms with E-state index in [1.807, 2.05) is 0 Å².